The summed E-state index contributed by atoms with van der Waals surface area (Å²) in [7, 11) is 4.00. The monoisotopic (exact) mass is 268 g/mol. The second kappa shape index (κ2) is 7.25. The van der Waals surface area contributed by atoms with Crippen molar-refractivity contribution in [2.75, 3.05) is 27.2 Å². The van der Waals surface area contributed by atoms with Crippen molar-refractivity contribution in [1.29, 1.82) is 0 Å². The first kappa shape index (κ1) is 15.7. The third kappa shape index (κ3) is 5.00. The predicted octanol–water partition coefficient (Wildman–Crippen LogP) is 1.01. The molecule has 1 heterocycles. The lowest BCUT2D eigenvalue weighted by atomic mass is 10.1. The van der Waals surface area contributed by atoms with Crippen molar-refractivity contribution in [3.05, 3.63) is 17.8 Å². The summed E-state index contributed by atoms with van der Waals surface area (Å²) in [5, 5.41) is 2.81. The van der Waals surface area contributed by atoms with Crippen LogP contribution < -0.4 is 11.1 Å². The van der Waals surface area contributed by atoms with Crippen LogP contribution in [-0.4, -0.2) is 43.0 Å². The molecular formula is C13H24N4O2. The van der Waals surface area contributed by atoms with Crippen LogP contribution in [0.25, 0.3) is 0 Å². The lowest BCUT2D eigenvalue weighted by molar-refractivity contribution is 0.0947. The molecule has 1 rings (SSSR count). The molecule has 0 aromatic carbocycles. The van der Waals surface area contributed by atoms with Crippen LogP contribution in [0, 0.1) is 5.92 Å². The van der Waals surface area contributed by atoms with Gasteiger partial charge in [0.25, 0.3) is 5.91 Å². The molecule has 0 spiro atoms. The van der Waals surface area contributed by atoms with E-state index in [1.807, 2.05) is 27.9 Å². The number of amides is 1. The Balaban J connectivity index is 2.45. The molecule has 0 saturated heterocycles. The van der Waals surface area contributed by atoms with Crippen LogP contribution in [0.5, 0.6) is 0 Å². The van der Waals surface area contributed by atoms with E-state index in [9.17, 15) is 4.79 Å². The normalized spacial score (nSPS) is 13.0. The van der Waals surface area contributed by atoms with E-state index < -0.39 is 0 Å². The molecule has 0 aliphatic rings. The lowest BCUT2D eigenvalue weighted by Gasteiger charge is -2.10. The maximum atomic E-state index is 11.8. The van der Waals surface area contributed by atoms with E-state index in [4.69, 9.17) is 10.2 Å². The fourth-order valence-electron chi connectivity index (χ4n) is 1.52. The van der Waals surface area contributed by atoms with Gasteiger partial charge in [0.05, 0.1) is 6.04 Å². The van der Waals surface area contributed by atoms with Crippen molar-refractivity contribution in [3.8, 4) is 0 Å². The van der Waals surface area contributed by atoms with Gasteiger partial charge in [-0.25, -0.2) is 4.98 Å². The maximum Gasteiger partial charge on any atom is 0.273 e. The fraction of sp³-hybridized carbons (Fsp3) is 0.692. The van der Waals surface area contributed by atoms with Gasteiger partial charge in [0.15, 0.2) is 5.69 Å². The Labute approximate surface area is 114 Å². The highest BCUT2D eigenvalue weighted by atomic mass is 16.3. The molecule has 3 N–H and O–H groups in total. The zero-order valence-electron chi connectivity index (χ0n) is 12.1. The van der Waals surface area contributed by atoms with E-state index in [-0.39, 0.29) is 23.6 Å². The number of nitrogens with zero attached hydrogens (tertiary/aromatic N) is 2. The Hall–Kier alpha value is -1.40. The lowest BCUT2D eigenvalue weighted by Crippen LogP contribution is -2.27. The predicted molar refractivity (Wildman–Crippen MR) is 73.8 cm³/mol. The first-order valence-electron chi connectivity index (χ1n) is 6.55. The number of nitrogens with one attached hydrogen (secondary N) is 1. The van der Waals surface area contributed by atoms with Crippen molar-refractivity contribution in [1.82, 2.24) is 15.2 Å². The second-order valence-corrected chi connectivity index (χ2v) is 5.25. The van der Waals surface area contributed by atoms with Crippen molar-refractivity contribution < 1.29 is 9.21 Å². The molecule has 19 heavy (non-hydrogen) atoms. The van der Waals surface area contributed by atoms with Gasteiger partial charge in [-0.2, -0.15) is 0 Å². The van der Waals surface area contributed by atoms with Gasteiger partial charge in [-0.05, 0) is 33.0 Å². The van der Waals surface area contributed by atoms with Gasteiger partial charge in [0, 0.05) is 6.54 Å². The highest BCUT2D eigenvalue weighted by Gasteiger charge is 2.19. The summed E-state index contributed by atoms with van der Waals surface area (Å²) in [5.41, 5.74) is 6.20. The van der Waals surface area contributed by atoms with Gasteiger partial charge in [-0.3, -0.25) is 4.79 Å². The third-order valence-corrected chi connectivity index (χ3v) is 2.83. The minimum atomic E-state index is -0.282. The summed E-state index contributed by atoms with van der Waals surface area (Å²) in [6, 6.07) is -0.282. The van der Waals surface area contributed by atoms with Crippen molar-refractivity contribution in [3.63, 3.8) is 0 Å². The third-order valence-electron chi connectivity index (χ3n) is 2.83. The van der Waals surface area contributed by atoms with Crippen molar-refractivity contribution in [2.45, 2.75) is 26.3 Å². The van der Waals surface area contributed by atoms with Gasteiger partial charge in [0.2, 0.25) is 5.89 Å². The van der Waals surface area contributed by atoms with Crippen molar-refractivity contribution in [2.24, 2.45) is 11.7 Å². The molecule has 1 aromatic heterocycles. The quantitative estimate of drug-likeness (QED) is 0.721. The number of carbonyl (C=O) groups is 1. The number of carbonyl (C=O) groups excluding carboxylic acids is 1. The van der Waals surface area contributed by atoms with E-state index in [1.165, 1.54) is 6.26 Å². The molecule has 1 atom stereocenters. The van der Waals surface area contributed by atoms with E-state index >= 15 is 0 Å². The Kier molecular flexibility index (Phi) is 5.98. The molecule has 1 unspecified atom stereocenters. The summed E-state index contributed by atoms with van der Waals surface area (Å²) in [4.78, 5) is 18.0. The van der Waals surface area contributed by atoms with E-state index in [0.29, 0.717) is 12.4 Å². The molecule has 0 aliphatic heterocycles. The Morgan fingerprint density at radius 1 is 1.53 bits per heavy atom. The summed E-state index contributed by atoms with van der Waals surface area (Å²) in [5.74, 6) is 0.410. The molecule has 1 aromatic rings. The van der Waals surface area contributed by atoms with Gasteiger partial charge in [-0.1, -0.05) is 13.8 Å². The molecule has 0 saturated carbocycles. The molecule has 6 nitrogen and oxygen atoms in total. The minimum Gasteiger partial charge on any atom is -0.446 e. The smallest absolute Gasteiger partial charge is 0.273 e. The highest BCUT2D eigenvalue weighted by Crippen LogP contribution is 2.17. The molecule has 0 aliphatic carbocycles. The molecular weight excluding hydrogens is 244 g/mol. The first-order chi connectivity index (χ1) is 8.91. The van der Waals surface area contributed by atoms with Crippen LogP contribution in [-0.2, 0) is 0 Å². The van der Waals surface area contributed by atoms with E-state index in [1.54, 1.807) is 0 Å². The summed E-state index contributed by atoms with van der Waals surface area (Å²) in [6.07, 6.45) is 2.26. The molecule has 0 bridgehead atoms. The van der Waals surface area contributed by atoms with Crippen LogP contribution in [0.3, 0.4) is 0 Å². The maximum absolute atomic E-state index is 11.8. The molecule has 0 radical (unpaired) electrons. The summed E-state index contributed by atoms with van der Waals surface area (Å²) in [6.45, 7) is 5.52. The minimum absolute atomic E-state index is 0.217. The van der Waals surface area contributed by atoms with Crippen LogP contribution >= 0.6 is 0 Å². The largest absolute Gasteiger partial charge is 0.446 e. The van der Waals surface area contributed by atoms with Crippen molar-refractivity contribution >= 4 is 5.91 Å². The number of hydrogen-bond acceptors (Lipinski definition) is 5. The Morgan fingerprint density at radius 2 is 2.21 bits per heavy atom. The number of oxazole rings is 1. The molecule has 6 heteroatoms. The van der Waals surface area contributed by atoms with E-state index in [0.717, 1.165) is 13.0 Å². The Morgan fingerprint density at radius 3 is 2.79 bits per heavy atom. The number of hydrogen-bond donors (Lipinski definition) is 2. The average Bonchev–Trinajstić information content (AvgIpc) is 2.82. The standard InChI is InChI=1S/C13H24N4O2/c1-9(2)11(14)13-16-10(8-19-13)12(18)15-6-5-7-17(3)4/h8-9,11H,5-7,14H2,1-4H3,(H,15,18). The van der Waals surface area contributed by atoms with Crippen LogP contribution in [0.1, 0.15) is 42.7 Å². The highest BCUT2D eigenvalue weighted by molar-refractivity contribution is 5.91. The molecule has 0 fully saturated rings. The number of aromatic nitrogens is 1. The average molecular weight is 268 g/mol. The zero-order chi connectivity index (χ0) is 14.4. The molecule has 1 amide bonds. The number of nitrogens with two attached hydrogens (primary N) is 1. The second-order valence-electron chi connectivity index (χ2n) is 5.25. The van der Waals surface area contributed by atoms with E-state index in [2.05, 4.69) is 15.2 Å². The van der Waals surface area contributed by atoms with Crippen LogP contribution in [0.2, 0.25) is 0 Å². The number of rotatable bonds is 7. The van der Waals surface area contributed by atoms with Gasteiger partial charge < -0.3 is 20.4 Å². The summed E-state index contributed by atoms with van der Waals surface area (Å²) >= 11 is 0. The molecule has 108 valence electrons. The fourth-order valence-corrected chi connectivity index (χ4v) is 1.52. The van der Waals surface area contributed by atoms with Crippen LogP contribution in [0.15, 0.2) is 10.7 Å². The van der Waals surface area contributed by atoms with Gasteiger partial charge in [-0.15, -0.1) is 0 Å². The SMILES string of the molecule is CC(C)C(N)c1nc(C(=O)NCCCN(C)C)co1. The topological polar surface area (TPSA) is 84.4 Å². The van der Waals surface area contributed by atoms with Gasteiger partial charge in [0.1, 0.15) is 6.26 Å². The summed E-state index contributed by atoms with van der Waals surface area (Å²) < 4.78 is 5.25. The first-order valence-corrected chi connectivity index (χ1v) is 6.55. The Bertz CT molecular complexity index is 401. The zero-order valence-corrected chi connectivity index (χ0v) is 12.1. The van der Waals surface area contributed by atoms with Crippen LogP contribution in [0.4, 0.5) is 0 Å². The van der Waals surface area contributed by atoms with Gasteiger partial charge >= 0.3 is 0 Å².